The third-order valence-electron chi connectivity index (χ3n) is 0.961. The fraction of sp³-hybridized carbons (Fsp3) is 0.400. The van der Waals surface area contributed by atoms with Gasteiger partial charge in [0.2, 0.25) is 6.33 Å². The Hall–Kier alpha value is -0.350. The minimum Gasteiger partial charge on any atom is -1.00 e. The van der Waals surface area contributed by atoms with Gasteiger partial charge < -0.3 is 22.1 Å². The highest BCUT2D eigenvalue weighted by Gasteiger charge is 1.90. The molecule has 4 heteroatoms. The van der Waals surface area contributed by atoms with Crippen LogP contribution < -0.4 is 21.5 Å². The van der Waals surface area contributed by atoms with E-state index in [-0.39, 0.29) is 23.6 Å². The lowest BCUT2D eigenvalue weighted by molar-refractivity contribution is -0.696. The van der Waals surface area contributed by atoms with E-state index < -0.39 is 0 Å². The van der Waals surface area contributed by atoms with Crippen LogP contribution in [0.2, 0.25) is 0 Å². The van der Waals surface area contributed by atoms with E-state index in [1.54, 1.807) is 6.33 Å². The average Bonchev–Trinajstić information content (AvgIpc) is 2.19. The second-order valence-corrected chi connectivity index (χ2v) is 1.57. The van der Waals surface area contributed by atoms with Crippen molar-refractivity contribution < 1.29 is 26.7 Å². The maximum Gasteiger partial charge on any atom is 0.241 e. The summed E-state index contributed by atoms with van der Waals surface area (Å²) >= 11 is 0. The first-order valence-electron chi connectivity index (χ1n) is 2.56. The summed E-state index contributed by atoms with van der Waals surface area (Å²) in [6.07, 6.45) is 5.49. The molecule has 0 saturated heterocycles. The summed E-state index contributed by atoms with van der Waals surface area (Å²) in [5.41, 5.74) is 0. The normalized spacial score (nSPS) is 8.56. The van der Waals surface area contributed by atoms with Crippen LogP contribution in [0.3, 0.4) is 0 Å². The number of nitrogens with one attached hydrogen (secondary N) is 1. The molecule has 0 bridgehead atoms. The lowest BCUT2D eigenvalue weighted by Gasteiger charge is -1.85. The number of nitrogens with zero attached hydrogens (tertiary/aromatic N) is 1. The summed E-state index contributed by atoms with van der Waals surface area (Å²) in [5, 5.41) is 8.40. The predicted octanol–water partition coefficient (Wildman–Crippen LogP) is -3.70. The van der Waals surface area contributed by atoms with Gasteiger partial charge in [-0.2, -0.15) is 0 Å². The molecule has 1 aromatic heterocycles. The molecule has 1 heterocycles. The van der Waals surface area contributed by atoms with Gasteiger partial charge in [-0.05, 0) is 0 Å². The zero-order valence-corrected chi connectivity index (χ0v) is 6.50. The second kappa shape index (κ2) is 4.52. The lowest BCUT2D eigenvalue weighted by Crippen LogP contribution is -3.00. The van der Waals surface area contributed by atoms with Gasteiger partial charge in [-0.1, -0.05) is 0 Å². The van der Waals surface area contributed by atoms with Crippen LogP contribution >= 0.6 is 0 Å². The van der Waals surface area contributed by atoms with Gasteiger partial charge in [-0.25, -0.2) is 4.57 Å². The topological polar surface area (TPSA) is 39.9 Å². The molecule has 0 aliphatic carbocycles. The van der Waals surface area contributed by atoms with E-state index in [4.69, 9.17) is 5.11 Å². The van der Waals surface area contributed by atoms with Crippen molar-refractivity contribution in [3.05, 3.63) is 18.7 Å². The van der Waals surface area contributed by atoms with E-state index in [9.17, 15) is 0 Å². The molecule has 0 radical (unpaired) electrons. The lowest BCUT2D eigenvalue weighted by atomic mass is 10.7. The fourth-order valence-corrected chi connectivity index (χ4v) is 0.575. The number of H-pyrrole nitrogens is 1. The monoisotopic (exact) mass is 192 g/mol. The molecule has 3 nitrogen and oxygen atoms in total. The highest BCUT2D eigenvalue weighted by atomic mass is 79.9. The molecular formula is C5H9BrN2O. The van der Waals surface area contributed by atoms with Gasteiger partial charge in [-0.3, -0.25) is 4.98 Å². The number of aliphatic hydroxyl groups excluding tert-OH is 1. The van der Waals surface area contributed by atoms with Gasteiger partial charge >= 0.3 is 0 Å². The van der Waals surface area contributed by atoms with Gasteiger partial charge in [0.25, 0.3) is 0 Å². The van der Waals surface area contributed by atoms with Crippen molar-refractivity contribution in [3.8, 4) is 0 Å². The van der Waals surface area contributed by atoms with Crippen molar-refractivity contribution in [2.75, 3.05) is 6.61 Å². The van der Waals surface area contributed by atoms with Gasteiger partial charge in [-0.15, -0.1) is 0 Å². The van der Waals surface area contributed by atoms with Crippen LogP contribution in [-0.2, 0) is 6.54 Å². The van der Waals surface area contributed by atoms with Crippen LogP contribution in [-0.4, -0.2) is 16.7 Å². The Morgan fingerprint density at radius 3 is 2.78 bits per heavy atom. The highest BCUT2D eigenvalue weighted by molar-refractivity contribution is 4.55. The minimum absolute atomic E-state index is 0. The quantitative estimate of drug-likeness (QED) is 0.466. The molecule has 2 N–H and O–H groups in total. The van der Waals surface area contributed by atoms with Crippen LogP contribution in [0.5, 0.6) is 0 Å². The first-order chi connectivity index (χ1) is 3.93. The second-order valence-electron chi connectivity index (χ2n) is 1.57. The van der Waals surface area contributed by atoms with Gasteiger partial charge in [0, 0.05) is 0 Å². The number of rotatable bonds is 2. The first-order valence-corrected chi connectivity index (χ1v) is 2.56. The van der Waals surface area contributed by atoms with Crippen LogP contribution in [0.1, 0.15) is 0 Å². The maximum atomic E-state index is 8.40. The van der Waals surface area contributed by atoms with E-state index in [0.717, 1.165) is 0 Å². The van der Waals surface area contributed by atoms with Gasteiger partial charge in [0.1, 0.15) is 18.9 Å². The molecule has 0 atom stereocenters. The molecule has 0 saturated carbocycles. The van der Waals surface area contributed by atoms with Crippen molar-refractivity contribution in [3.63, 3.8) is 0 Å². The Morgan fingerprint density at radius 2 is 2.33 bits per heavy atom. The predicted molar refractivity (Wildman–Crippen MR) is 28.1 cm³/mol. The SMILES string of the molecule is OCC[n+]1cc[nH]c1.[Br-]. The Morgan fingerprint density at radius 1 is 1.56 bits per heavy atom. The van der Waals surface area contributed by atoms with Crippen LogP contribution in [0.15, 0.2) is 18.7 Å². The molecular weight excluding hydrogens is 184 g/mol. The van der Waals surface area contributed by atoms with Gasteiger partial charge in [0.15, 0.2) is 0 Å². The number of aromatic nitrogens is 2. The van der Waals surface area contributed by atoms with Crippen LogP contribution in [0.4, 0.5) is 0 Å². The summed E-state index contributed by atoms with van der Waals surface area (Å²) in [5.74, 6) is 0. The van der Waals surface area contributed by atoms with Gasteiger partial charge in [0.05, 0.1) is 6.61 Å². The van der Waals surface area contributed by atoms with Crippen LogP contribution in [0, 0.1) is 0 Å². The number of hydrogen-bond acceptors (Lipinski definition) is 1. The zero-order valence-electron chi connectivity index (χ0n) is 4.92. The van der Waals surface area contributed by atoms with E-state index in [0.29, 0.717) is 6.54 Å². The molecule has 0 aromatic carbocycles. The molecule has 0 amide bonds. The molecule has 0 aliphatic heterocycles. The third kappa shape index (κ3) is 2.62. The number of halogens is 1. The van der Waals surface area contributed by atoms with Crippen molar-refractivity contribution in [2.45, 2.75) is 6.54 Å². The number of aromatic amines is 1. The van der Waals surface area contributed by atoms with E-state index in [1.165, 1.54) is 0 Å². The molecule has 0 fully saturated rings. The molecule has 1 rings (SSSR count). The summed E-state index contributed by atoms with van der Waals surface area (Å²) in [6, 6.07) is 0. The zero-order chi connectivity index (χ0) is 5.82. The molecule has 1 aromatic rings. The highest BCUT2D eigenvalue weighted by Crippen LogP contribution is 1.67. The fourth-order valence-electron chi connectivity index (χ4n) is 0.575. The molecule has 0 aliphatic rings. The summed E-state index contributed by atoms with van der Waals surface area (Å²) in [6.45, 7) is 0.867. The van der Waals surface area contributed by atoms with E-state index >= 15 is 0 Å². The minimum atomic E-state index is 0. The van der Waals surface area contributed by atoms with Crippen molar-refractivity contribution >= 4 is 0 Å². The molecule has 9 heavy (non-hydrogen) atoms. The molecule has 0 unspecified atom stereocenters. The Bertz CT molecular complexity index is 141. The average molecular weight is 193 g/mol. The molecule has 0 spiro atoms. The Labute approximate surface area is 64.1 Å². The van der Waals surface area contributed by atoms with Crippen molar-refractivity contribution in [1.82, 2.24) is 4.98 Å². The number of hydrogen-bond donors (Lipinski definition) is 2. The van der Waals surface area contributed by atoms with Crippen molar-refractivity contribution in [1.29, 1.82) is 0 Å². The van der Waals surface area contributed by atoms with E-state index in [2.05, 4.69) is 4.98 Å². The third-order valence-corrected chi connectivity index (χ3v) is 0.961. The summed E-state index contributed by atoms with van der Waals surface area (Å²) < 4.78 is 1.88. The van der Waals surface area contributed by atoms with E-state index in [1.807, 2.05) is 17.0 Å². The summed E-state index contributed by atoms with van der Waals surface area (Å²) in [7, 11) is 0. The Kier molecular flexibility index (Phi) is 4.35. The molecule has 52 valence electrons. The maximum absolute atomic E-state index is 8.40. The van der Waals surface area contributed by atoms with Crippen LogP contribution in [0.25, 0.3) is 0 Å². The number of imidazole rings is 1. The number of aliphatic hydroxyl groups is 1. The smallest absolute Gasteiger partial charge is 0.241 e. The first kappa shape index (κ1) is 8.65. The standard InChI is InChI=1S/C5H8N2O.BrH/c8-4-3-7-2-1-6-5-7;/h1-2,5,8H,3-4H2;1H. The summed E-state index contributed by atoms with van der Waals surface area (Å²) in [4.78, 5) is 2.87. The largest absolute Gasteiger partial charge is 1.00 e. The van der Waals surface area contributed by atoms with Crippen molar-refractivity contribution in [2.24, 2.45) is 0 Å². The Balaban J connectivity index is 0.000000640.